The molecule has 0 aromatic heterocycles. The number of carbonyl (C=O) groups is 1. The Bertz CT molecular complexity index is 663. The number of rotatable bonds is 26. The molecular formula is C34H59NO3. The van der Waals surface area contributed by atoms with Crippen molar-refractivity contribution in [1.82, 2.24) is 5.32 Å². The largest absolute Gasteiger partial charge is 0.394 e. The van der Waals surface area contributed by atoms with Gasteiger partial charge in [-0.15, -0.1) is 0 Å². The molecule has 0 heterocycles. The van der Waals surface area contributed by atoms with Gasteiger partial charge in [0.15, 0.2) is 0 Å². The first kappa shape index (κ1) is 36.1. The van der Waals surface area contributed by atoms with Gasteiger partial charge in [-0.05, 0) is 57.8 Å². The summed E-state index contributed by atoms with van der Waals surface area (Å²) in [6.07, 6.45) is 40.0. The van der Waals surface area contributed by atoms with Crippen molar-refractivity contribution in [2.75, 3.05) is 6.61 Å². The second-order valence-corrected chi connectivity index (χ2v) is 10.1. The van der Waals surface area contributed by atoms with Crippen molar-refractivity contribution >= 4 is 5.91 Å². The number of allylic oxidation sites excluding steroid dienone is 10. The van der Waals surface area contributed by atoms with Crippen molar-refractivity contribution in [2.24, 2.45) is 0 Å². The van der Waals surface area contributed by atoms with E-state index in [2.05, 4.69) is 79.9 Å². The predicted octanol–water partition coefficient (Wildman–Crippen LogP) is 8.67. The minimum Gasteiger partial charge on any atom is -0.394 e. The molecule has 2 atom stereocenters. The second-order valence-electron chi connectivity index (χ2n) is 10.1. The average Bonchev–Trinajstić information content (AvgIpc) is 2.92. The van der Waals surface area contributed by atoms with Gasteiger partial charge in [0.1, 0.15) is 0 Å². The summed E-state index contributed by atoms with van der Waals surface area (Å²) in [7, 11) is 0. The van der Waals surface area contributed by atoms with E-state index in [-0.39, 0.29) is 12.5 Å². The lowest BCUT2D eigenvalue weighted by atomic mass is 10.0. The predicted molar refractivity (Wildman–Crippen MR) is 165 cm³/mol. The van der Waals surface area contributed by atoms with Gasteiger partial charge in [0.2, 0.25) is 5.91 Å². The summed E-state index contributed by atoms with van der Waals surface area (Å²) in [5, 5.41) is 22.6. The number of aliphatic hydroxyl groups excluding tert-OH is 2. The molecule has 0 saturated heterocycles. The van der Waals surface area contributed by atoms with Gasteiger partial charge in [-0.2, -0.15) is 0 Å². The molecule has 0 saturated carbocycles. The lowest BCUT2D eigenvalue weighted by molar-refractivity contribution is -0.123. The van der Waals surface area contributed by atoms with Crippen molar-refractivity contribution in [3.8, 4) is 0 Å². The summed E-state index contributed by atoms with van der Waals surface area (Å²) in [6, 6.07) is -0.544. The van der Waals surface area contributed by atoms with Gasteiger partial charge in [-0.3, -0.25) is 4.79 Å². The molecule has 0 aromatic carbocycles. The van der Waals surface area contributed by atoms with E-state index >= 15 is 0 Å². The minimum absolute atomic E-state index is 0.0622. The monoisotopic (exact) mass is 529 g/mol. The maximum atomic E-state index is 12.2. The van der Waals surface area contributed by atoms with E-state index in [1.807, 2.05) is 0 Å². The van der Waals surface area contributed by atoms with Crippen molar-refractivity contribution in [3.05, 3.63) is 60.8 Å². The maximum absolute atomic E-state index is 12.2. The first-order chi connectivity index (χ1) is 18.7. The smallest absolute Gasteiger partial charge is 0.220 e. The summed E-state index contributed by atoms with van der Waals surface area (Å²) in [5.41, 5.74) is 0. The van der Waals surface area contributed by atoms with Gasteiger partial charge >= 0.3 is 0 Å². The topological polar surface area (TPSA) is 69.6 Å². The molecule has 0 aliphatic rings. The molecule has 0 spiro atoms. The van der Waals surface area contributed by atoms with Crippen molar-refractivity contribution < 1.29 is 15.0 Å². The summed E-state index contributed by atoms with van der Waals surface area (Å²) < 4.78 is 0. The van der Waals surface area contributed by atoms with E-state index in [0.29, 0.717) is 12.8 Å². The molecule has 2 unspecified atom stereocenters. The van der Waals surface area contributed by atoms with Crippen molar-refractivity contribution in [1.29, 1.82) is 0 Å². The Morgan fingerprint density at radius 3 is 1.74 bits per heavy atom. The quantitative estimate of drug-likeness (QED) is 0.0775. The summed E-state index contributed by atoms with van der Waals surface area (Å²) in [4.78, 5) is 12.2. The number of unbranched alkanes of at least 4 members (excludes halogenated alkanes) is 9. The molecule has 0 aromatic rings. The standard InChI is InChI=1S/C34H59NO3/c1-3-5-7-9-10-11-12-13-14-15-16-17-18-19-20-21-22-23-24-26-28-30-34(38)35-32(31-36)33(37)29-27-25-8-6-4-2/h5,7,10-11,13-14,16-17,19-20,32-33,36-37H,3-4,6,8-9,12,15,18,21-31H2,1-2H3,(H,35,38)/b7-5-,11-10-,14-13-,17-16-,20-19-. The molecule has 3 N–H and O–H groups in total. The molecule has 1 amide bonds. The van der Waals surface area contributed by atoms with Crippen LogP contribution in [0.2, 0.25) is 0 Å². The van der Waals surface area contributed by atoms with Gasteiger partial charge in [0, 0.05) is 6.42 Å². The molecule has 0 rings (SSSR count). The zero-order valence-corrected chi connectivity index (χ0v) is 24.7. The van der Waals surface area contributed by atoms with E-state index in [1.165, 1.54) is 32.1 Å². The normalized spacial score (nSPS) is 14.1. The van der Waals surface area contributed by atoms with Gasteiger partial charge in [0.05, 0.1) is 18.8 Å². The Balaban J connectivity index is 3.65. The van der Waals surface area contributed by atoms with Crippen LogP contribution in [0.5, 0.6) is 0 Å². The van der Waals surface area contributed by atoms with E-state index in [1.54, 1.807) is 0 Å². The van der Waals surface area contributed by atoms with Crippen LogP contribution in [-0.2, 0) is 4.79 Å². The van der Waals surface area contributed by atoms with Crippen LogP contribution in [0.25, 0.3) is 0 Å². The molecule has 4 nitrogen and oxygen atoms in total. The molecule has 0 radical (unpaired) electrons. The van der Waals surface area contributed by atoms with E-state index < -0.39 is 12.1 Å². The Kier molecular flexibility index (Phi) is 28.2. The molecular weight excluding hydrogens is 470 g/mol. The maximum Gasteiger partial charge on any atom is 0.220 e. The fourth-order valence-electron chi connectivity index (χ4n) is 4.15. The zero-order chi connectivity index (χ0) is 27.9. The minimum atomic E-state index is -0.665. The van der Waals surface area contributed by atoms with Crippen molar-refractivity contribution in [3.63, 3.8) is 0 Å². The fraction of sp³-hybridized carbons (Fsp3) is 0.676. The molecule has 0 aliphatic heterocycles. The highest BCUT2D eigenvalue weighted by Gasteiger charge is 2.19. The first-order valence-electron chi connectivity index (χ1n) is 15.5. The molecule has 0 aliphatic carbocycles. The fourth-order valence-corrected chi connectivity index (χ4v) is 4.15. The molecule has 4 heteroatoms. The summed E-state index contributed by atoms with van der Waals surface area (Å²) in [6.45, 7) is 4.13. The highest BCUT2D eigenvalue weighted by molar-refractivity contribution is 5.76. The highest BCUT2D eigenvalue weighted by atomic mass is 16.3. The van der Waals surface area contributed by atoms with Crippen LogP contribution < -0.4 is 5.32 Å². The number of hydrogen-bond donors (Lipinski definition) is 3. The average molecular weight is 530 g/mol. The van der Waals surface area contributed by atoms with E-state index in [4.69, 9.17) is 0 Å². The molecule has 0 bridgehead atoms. The number of carbonyl (C=O) groups excluding carboxylic acids is 1. The Morgan fingerprint density at radius 1 is 0.658 bits per heavy atom. The van der Waals surface area contributed by atoms with E-state index in [9.17, 15) is 15.0 Å². The SMILES string of the molecule is CC/C=C\C/C=C\C/C=C\C/C=C\C/C=C\CCCCCCCC(=O)NC(CO)C(O)CCCCCCC. The number of amides is 1. The third-order valence-electron chi connectivity index (χ3n) is 6.54. The van der Waals surface area contributed by atoms with Crippen LogP contribution in [0.3, 0.4) is 0 Å². The van der Waals surface area contributed by atoms with Gasteiger partial charge in [-0.25, -0.2) is 0 Å². The molecule has 218 valence electrons. The number of aliphatic hydroxyl groups is 2. The summed E-state index contributed by atoms with van der Waals surface area (Å²) in [5.74, 6) is -0.0622. The van der Waals surface area contributed by atoms with Crippen LogP contribution in [0, 0.1) is 0 Å². The molecule has 0 fully saturated rings. The van der Waals surface area contributed by atoms with Gasteiger partial charge in [-0.1, -0.05) is 126 Å². The number of hydrogen-bond acceptors (Lipinski definition) is 3. The van der Waals surface area contributed by atoms with Crippen LogP contribution in [0.15, 0.2) is 60.8 Å². The third kappa shape index (κ3) is 25.7. The Hall–Kier alpha value is -1.91. The van der Waals surface area contributed by atoms with Crippen LogP contribution in [-0.4, -0.2) is 34.9 Å². The third-order valence-corrected chi connectivity index (χ3v) is 6.54. The van der Waals surface area contributed by atoms with Gasteiger partial charge < -0.3 is 15.5 Å². The van der Waals surface area contributed by atoms with E-state index in [0.717, 1.165) is 70.6 Å². The van der Waals surface area contributed by atoms with Gasteiger partial charge in [0.25, 0.3) is 0 Å². The van der Waals surface area contributed by atoms with Crippen LogP contribution in [0.1, 0.15) is 129 Å². The molecule has 38 heavy (non-hydrogen) atoms. The number of nitrogens with one attached hydrogen (secondary N) is 1. The first-order valence-corrected chi connectivity index (χ1v) is 15.5. The summed E-state index contributed by atoms with van der Waals surface area (Å²) >= 11 is 0. The highest BCUT2D eigenvalue weighted by Crippen LogP contribution is 2.11. The lowest BCUT2D eigenvalue weighted by Gasteiger charge is -2.22. The van der Waals surface area contributed by atoms with Crippen LogP contribution in [0.4, 0.5) is 0 Å². The lowest BCUT2D eigenvalue weighted by Crippen LogP contribution is -2.45. The van der Waals surface area contributed by atoms with Crippen LogP contribution >= 0.6 is 0 Å². The Morgan fingerprint density at radius 2 is 1.16 bits per heavy atom. The van der Waals surface area contributed by atoms with Crippen molar-refractivity contribution in [2.45, 2.75) is 142 Å². The second kappa shape index (κ2) is 29.6. The zero-order valence-electron chi connectivity index (χ0n) is 24.7. The Labute approximate surface area is 235 Å².